The number of amides is 2. The Hall–Kier alpha value is -4.33. The third-order valence-electron chi connectivity index (χ3n) is 4.19. The number of nitrogens with two attached hydrogens (primary N) is 1. The molecule has 8 nitrogen and oxygen atoms in total. The Labute approximate surface area is 171 Å². The lowest BCUT2D eigenvalue weighted by Crippen LogP contribution is -2.20. The van der Waals surface area contributed by atoms with Gasteiger partial charge in [0.1, 0.15) is 17.1 Å². The lowest BCUT2D eigenvalue weighted by atomic mass is 10.2. The fourth-order valence-electron chi connectivity index (χ4n) is 2.87. The first-order valence-corrected chi connectivity index (χ1v) is 9.12. The summed E-state index contributed by atoms with van der Waals surface area (Å²) in [5.74, 6) is 0.0258. The molecule has 0 spiro atoms. The first-order chi connectivity index (χ1) is 14.6. The number of benzene rings is 2. The van der Waals surface area contributed by atoms with E-state index in [9.17, 15) is 9.59 Å². The first kappa shape index (κ1) is 19.0. The van der Waals surface area contributed by atoms with Crippen molar-refractivity contribution in [3.63, 3.8) is 0 Å². The molecule has 0 aliphatic rings. The normalized spacial score (nSPS) is 10.5. The number of nitrogens with one attached hydrogen (secondary N) is 1. The molecule has 0 bridgehead atoms. The molecule has 0 aliphatic heterocycles. The van der Waals surface area contributed by atoms with E-state index >= 15 is 0 Å². The number of carbonyl (C=O) groups is 2. The van der Waals surface area contributed by atoms with Crippen LogP contribution < -0.4 is 15.8 Å². The van der Waals surface area contributed by atoms with Crippen molar-refractivity contribution in [2.75, 3.05) is 11.9 Å². The predicted molar refractivity (Wildman–Crippen MR) is 110 cm³/mol. The smallest absolute Gasteiger partial charge is 0.274 e. The highest BCUT2D eigenvalue weighted by molar-refractivity contribution is 6.04. The van der Waals surface area contributed by atoms with Gasteiger partial charge in [0.05, 0.1) is 12.0 Å². The van der Waals surface area contributed by atoms with Gasteiger partial charge in [-0.15, -0.1) is 0 Å². The summed E-state index contributed by atoms with van der Waals surface area (Å²) < 4.78 is 12.3. The Morgan fingerprint density at radius 1 is 1.03 bits per heavy atom. The molecule has 0 saturated heterocycles. The molecule has 2 heterocycles. The lowest BCUT2D eigenvalue weighted by molar-refractivity contribution is -0.119. The molecule has 3 N–H and O–H groups in total. The van der Waals surface area contributed by atoms with Gasteiger partial charge in [-0.25, -0.2) is 4.68 Å². The maximum atomic E-state index is 13.1. The molecule has 0 atom stereocenters. The van der Waals surface area contributed by atoms with E-state index in [-0.39, 0.29) is 12.5 Å². The number of primary amides is 1. The van der Waals surface area contributed by atoms with E-state index in [1.54, 1.807) is 53.4 Å². The summed E-state index contributed by atoms with van der Waals surface area (Å²) in [7, 11) is 0. The molecule has 0 aliphatic carbocycles. The molecule has 8 heteroatoms. The molecule has 2 aromatic carbocycles. The Bertz CT molecular complexity index is 1170. The highest BCUT2D eigenvalue weighted by Gasteiger charge is 2.19. The Balaban J connectivity index is 1.64. The topological polar surface area (TPSA) is 112 Å². The molecule has 2 aromatic heterocycles. The van der Waals surface area contributed by atoms with Crippen LogP contribution in [0.3, 0.4) is 0 Å². The van der Waals surface area contributed by atoms with Gasteiger partial charge in [-0.2, -0.15) is 5.10 Å². The van der Waals surface area contributed by atoms with Crippen molar-refractivity contribution < 1.29 is 18.7 Å². The summed E-state index contributed by atoms with van der Waals surface area (Å²) >= 11 is 0. The van der Waals surface area contributed by atoms with Gasteiger partial charge in [0.15, 0.2) is 12.4 Å². The molecule has 0 radical (unpaired) electrons. The van der Waals surface area contributed by atoms with Gasteiger partial charge in [-0.1, -0.05) is 24.3 Å². The Morgan fingerprint density at radius 3 is 2.60 bits per heavy atom. The van der Waals surface area contributed by atoms with Gasteiger partial charge in [-0.3, -0.25) is 9.59 Å². The number of hydrogen-bond acceptors (Lipinski definition) is 5. The largest absolute Gasteiger partial charge is 0.484 e. The average molecular weight is 402 g/mol. The predicted octanol–water partition coefficient (Wildman–Crippen LogP) is 3.25. The van der Waals surface area contributed by atoms with Crippen LogP contribution in [0.1, 0.15) is 10.5 Å². The number of hydrogen-bond donors (Lipinski definition) is 2. The fourth-order valence-corrected chi connectivity index (χ4v) is 2.87. The SMILES string of the molecule is NC(=O)COc1cccc(NC(=O)c2cc(-c3ccco3)nn2-c2ccccc2)c1. The van der Waals surface area contributed by atoms with Crippen molar-refractivity contribution in [3.8, 4) is 22.9 Å². The molecule has 2 amide bonds. The van der Waals surface area contributed by atoms with Crippen LogP contribution in [0.4, 0.5) is 5.69 Å². The van der Waals surface area contributed by atoms with Crippen LogP contribution in [0.25, 0.3) is 17.1 Å². The maximum absolute atomic E-state index is 13.1. The van der Waals surface area contributed by atoms with E-state index in [0.29, 0.717) is 28.6 Å². The fraction of sp³-hybridized carbons (Fsp3) is 0.0455. The molecule has 30 heavy (non-hydrogen) atoms. The van der Waals surface area contributed by atoms with E-state index in [2.05, 4.69) is 10.4 Å². The van der Waals surface area contributed by atoms with Gasteiger partial charge < -0.3 is 20.2 Å². The van der Waals surface area contributed by atoms with Crippen molar-refractivity contribution in [2.24, 2.45) is 5.73 Å². The second kappa shape index (κ2) is 8.36. The number of aromatic nitrogens is 2. The first-order valence-electron chi connectivity index (χ1n) is 9.12. The Kier molecular flexibility index (Phi) is 5.29. The summed E-state index contributed by atoms with van der Waals surface area (Å²) in [6.07, 6.45) is 1.55. The zero-order valence-corrected chi connectivity index (χ0v) is 15.8. The van der Waals surface area contributed by atoms with Gasteiger partial charge in [-0.05, 0) is 36.4 Å². The second-order valence-electron chi connectivity index (χ2n) is 6.38. The lowest BCUT2D eigenvalue weighted by Gasteiger charge is -2.10. The zero-order chi connectivity index (χ0) is 20.9. The van der Waals surface area contributed by atoms with Crippen LogP contribution in [0.2, 0.25) is 0 Å². The number of para-hydroxylation sites is 1. The molecule has 4 rings (SSSR count). The van der Waals surface area contributed by atoms with Crippen LogP contribution in [-0.4, -0.2) is 28.2 Å². The highest BCUT2D eigenvalue weighted by atomic mass is 16.5. The van der Waals surface area contributed by atoms with Crippen molar-refractivity contribution >= 4 is 17.5 Å². The maximum Gasteiger partial charge on any atom is 0.274 e. The minimum Gasteiger partial charge on any atom is -0.484 e. The number of ether oxygens (including phenoxy) is 1. The molecular formula is C22H18N4O4. The van der Waals surface area contributed by atoms with Crippen molar-refractivity contribution in [2.45, 2.75) is 0 Å². The van der Waals surface area contributed by atoms with E-state index in [4.69, 9.17) is 14.9 Å². The van der Waals surface area contributed by atoms with Gasteiger partial charge in [0, 0.05) is 17.8 Å². The van der Waals surface area contributed by atoms with E-state index in [1.807, 2.05) is 30.3 Å². The van der Waals surface area contributed by atoms with Crippen LogP contribution in [0, 0.1) is 0 Å². The second-order valence-corrected chi connectivity index (χ2v) is 6.38. The Morgan fingerprint density at radius 2 is 1.87 bits per heavy atom. The van der Waals surface area contributed by atoms with E-state index < -0.39 is 5.91 Å². The summed E-state index contributed by atoms with van der Waals surface area (Å²) in [6.45, 7) is -0.245. The van der Waals surface area contributed by atoms with Gasteiger partial charge in [0.2, 0.25) is 0 Å². The van der Waals surface area contributed by atoms with E-state index in [1.165, 1.54) is 0 Å². The third kappa shape index (κ3) is 4.22. The zero-order valence-electron chi connectivity index (χ0n) is 15.8. The number of anilines is 1. The number of carbonyl (C=O) groups excluding carboxylic acids is 2. The molecular weight excluding hydrogens is 384 g/mol. The van der Waals surface area contributed by atoms with Crippen molar-refractivity contribution in [1.82, 2.24) is 9.78 Å². The molecule has 4 aromatic rings. The van der Waals surface area contributed by atoms with Crippen LogP contribution in [-0.2, 0) is 4.79 Å². The van der Waals surface area contributed by atoms with Crippen LogP contribution in [0.15, 0.2) is 83.5 Å². The number of furan rings is 1. The molecule has 0 saturated carbocycles. The minimum atomic E-state index is -0.582. The number of nitrogens with zero attached hydrogens (tertiary/aromatic N) is 2. The van der Waals surface area contributed by atoms with Gasteiger partial charge in [0.25, 0.3) is 11.8 Å². The molecule has 0 fully saturated rings. The number of rotatable bonds is 7. The quantitative estimate of drug-likeness (QED) is 0.493. The highest BCUT2D eigenvalue weighted by Crippen LogP contribution is 2.24. The summed E-state index contributed by atoms with van der Waals surface area (Å²) in [6, 6.07) is 21.2. The minimum absolute atomic E-state index is 0.245. The van der Waals surface area contributed by atoms with Crippen LogP contribution >= 0.6 is 0 Å². The standard InChI is InChI=1S/C22H18N4O4/c23-21(27)14-30-17-9-4-6-15(12-17)24-22(28)19-13-18(20-10-5-11-29-20)25-26(19)16-7-2-1-3-8-16/h1-13H,14H2,(H2,23,27)(H,24,28). The monoisotopic (exact) mass is 402 g/mol. The molecule has 0 unspecified atom stereocenters. The summed E-state index contributed by atoms with van der Waals surface area (Å²) in [4.78, 5) is 24.0. The van der Waals surface area contributed by atoms with E-state index in [0.717, 1.165) is 5.69 Å². The van der Waals surface area contributed by atoms with Gasteiger partial charge >= 0.3 is 0 Å². The van der Waals surface area contributed by atoms with Crippen molar-refractivity contribution in [3.05, 3.63) is 84.8 Å². The van der Waals surface area contributed by atoms with Crippen LogP contribution in [0.5, 0.6) is 5.75 Å². The molecule has 150 valence electrons. The average Bonchev–Trinajstić information content (AvgIpc) is 3.43. The third-order valence-corrected chi connectivity index (χ3v) is 4.19. The van der Waals surface area contributed by atoms with Crippen molar-refractivity contribution in [1.29, 1.82) is 0 Å². The summed E-state index contributed by atoms with van der Waals surface area (Å²) in [5, 5.41) is 7.37. The summed E-state index contributed by atoms with van der Waals surface area (Å²) in [5.41, 5.74) is 7.20.